The number of thiophene rings is 2. The van der Waals surface area contributed by atoms with E-state index in [0.29, 0.717) is 16.1 Å². The highest BCUT2D eigenvalue weighted by molar-refractivity contribution is 14.1. The predicted octanol–water partition coefficient (Wildman–Crippen LogP) is 3.67. The van der Waals surface area contributed by atoms with Crippen molar-refractivity contribution in [2.24, 2.45) is 0 Å². The number of anilines is 1. The zero-order valence-electron chi connectivity index (χ0n) is 9.19. The van der Waals surface area contributed by atoms with Crippen molar-refractivity contribution in [3.05, 3.63) is 36.4 Å². The monoisotopic (exact) mass is 393 g/mol. The molecule has 0 bridgehead atoms. The molecule has 7 heteroatoms. The van der Waals surface area contributed by atoms with Gasteiger partial charge >= 0.3 is 5.97 Å². The van der Waals surface area contributed by atoms with Gasteiger partial charge in [0.1, 0.15) is 4.88 Å². The van der Waals surface area contributed by atoms with Crippen LogP contribution >= 0.6 is 45.3 Å². The molecule has 18 heavy (non-hydrogen) atoms. The molecule has 1 amide bonds. The highest BCUT2D eigenvalue weighted by Gasteiger charge is 2.15. The van der Waals surface area contributed by atoms with Crippen LogP contribution in [0.15, 0.2) is 17.5 Å². The average Bonchev–Trinajstić information content (AvgIpc) is 2.85. The number of halogens is 1. The third-order valence-corrected chi connectivity index (χ3v) is 5.11. The minimum atomic E-state index is -0.969. The topological polar surface area (TPSA) is 66.4 Å². The van der Waals surface area contributed by atoms with Gasteiger partial charge in [0, 0.05) is 5.38 Å². The fourth-order valence-corrected chi connectivity index (χ4v) is 3.60. The first-order chi connectivity index (χ1) is 8.47. The third kappa shape index (κ3) is 2.90. The summed E-state index contributed by atoms with van der Waals surface area (Å²) >= 11 is 4.71. The minimum absolute atomic E-state index is 0.215. The van der Waals surface area contributed by atoms with Gasteiger partial charge in [-0.25, -0.2) is 4.79 Å². The number of rotatable bonds is 3. The number of carbonyl (C=O) groups is 2. The Kier molecular flexibility index (Phi) is 4.03. The Bertz CT molecular complexity index is 618. The summed E-state index contributed by atoms with van der Waals surface area (Å²) in [4.78, 5) is 23.0. The molecule has 2 aromatic rings. The number of carboxylic acids is 1. The van der Waals surface area contributed by atoms with Gasteiger partial charge in [0.15, 0.2) is 0 Å². The molecule has 2 heterocycles. The second-order valence-corrected chi connectivity index (χ2v) is 7.38. The zero-order valence-corrected chi connectivity index (χ0v) is 13.0. The summed E-state index contributed by atoms with van der Waals surface area (Å²) in [5, 5.41) is 14.0. The predicted molar refractivity (Wildman–Crippen MR) is 81.0 cm³/mol. The van der Waals surface area contributed by atoms with Gasteiger partial charge in [-0.15, -0.1) is 22.7 Å². The van der Waals surface area contributed by atoms with Crippen LogP contribution in [0.4, 0.5) is 5.00 Å². The lowest BCUT2D eigenvalue weighted by Gasteiger charge is -1.98. The van der Waals surface area contributed by atoms with E-state index in [1.807, 2.05) is 0 Å². The van der Waals surface area contributed by atoms with E-state index in [1.54, 1.807) is 24.4 Å². The number of amides is 1. The van der Waals surface area contributed by atoms with Crippen LogP contribution < -0.4 is 5.32 Å². The van der Waals surface area contributed by atoms with Crippen LogP contribution in [0.25, 0.3) is 0 Å². The number of aromatic carboxylic acids is 1. The molecule has 0 aliphatic carbocycles. The number of carboxylic acid groups (broad SMARTS) is 1. The van der Waals surface area contributed by atoms with Gasteiger partial charge in [0.05, 0.1) is 13.4 Å². The molecule has 0 saturated carbocycles. The fraction of sp³-hybridized carbons (Fsp3) is 0.0909. The molecule has 0 fully saturated rings. The summed E-state index contributed by atoms with van der Waals surface area (Å²) in [6, 6.07) is 3.46. The Morgan fingerprint density at radius 3 is 2.61 bits per heavy atom. The van der Waals surface area contributed by atoms with Gasteiger partial charge in [-0.1, -0.05) is 0 Å². The second kappa shape index (κ2) is 5.37. The summed E-state index contributed by atoms with van der Waals surface area (Å²) in [5.41, 5.74) is 1.25. The molecule has 0 aromatic carbocycles. The normalized spacial score (nSPS) is 10.3. The van der Waals surface area contributed by atoms with E-state index in [-0.39, 0.29) is 10.8 Å². The molecular weight excluding hydrogens is 385 g/mol. The van der Waals surface area contributed by atoms with Crippen molar-refractivity contribution < 1.29 is 14.7 Å². The first-order valence-corrected chi connectivity index (χ1v) is 7.64. The molecule has 0 unspecified atom stereocenters. The molecule has 2 rings (SSSR count). The Hall–Kier alpha value is -0.930. The van der Waals surface area contributed by atoms with E-state index >= 15 is 0 Å². The largest absolute Gasteiger partial charge is 0.477 e. The van der Waals surface area contributed by atoms with Crippen LogP contribution in [-0.4, -0.2) is 17.0 Å². The van der Waals surface area contributed by atoms with Crippen molar-refractivity contribution in [3.63, 3.8) is 0 Å². The van der Waals surface area contributed by atoms with Gasteiger partial charge in [0.25, 0.3) is 5.91 Å². The standard InChI is InChI=1S/C11H8INO3S2/c1-5-2-8(18-9(5)11(15)16)13-10(14)6-3-7(12)17-4-6/h2-4H,1H3,(H,13,14)(H,15,16). The highest BCUT2D eigenvalue weighted by atomic mass is 127. The Morgan fingerprint density at radius 2 is 2.11 bits per heavy atom. The van der Waals surface area contributed by atoms with Crippen LogP contribution in [0.2, 0.25) is 0 Å². The molecule has 0 saturated heterocycles. The molecule has 2 N–H and O–H groups in total. The van der Waals surface area contributed by atoms with E-state index in [2.05, 4.69) is 27.9 Å². The first kappa shape index (κ1) is 13.5. The number of aryl methyl sites for hydroxylation is 1. The lowest BCUT2D eigenvalue weighted by molar-refractivity contribution is 0.0701. The van der Waals surface area contributed by atoms with Crippen LogP contribution in [-0.2, 0) is 0 Å². The summed E-state index contributed by atoms with van der Waals surface area (Å²) in [6.45, 7) is 1.71. The molecule has 4 nitrogen and oxygen atoms in total. The number of hydrogen-bond donors (Lipinski definition) is 2. The van der Waals surface area contributed by atoms with E-state index < -0.39 is 5.97 Å². The maximum absolute atomic E-state index is 11.9. The maximum Gasteiger partial charge on any atom is 0.346 e. The van der Waals surface area contributed by atoms with E-state index in [1.165, 1.54) is 11.3 Å². The molecule has 0 radical (unpaired) electrons. The summed E-state index contributed by atoms with van der Waals surface area (Å²) in [6.07, 6.45) is 0. The molecule has 0 aliphatic rings. The quantitative estimate of drug-likeness (QED) is 0.783. The Labute approximate surface area is 125 Å². The summed E-state index contributed by atoms with van der Waals surface area (Å²) in [7, 11) is 0. The van der Waals surface area contributed by atoms with Gasteiger partial charge in [-0.05, 0) is 47.2 Å². The summed E-state index contributed by atoms with van der Waals surface area (Å²) < 4.78 is 1.03. The number of nitrogens with one attached hydrogen (secondary N) is 1. The zero-order chi connectivity index (χ0) is 13.3. The van der Waals surface area contributed by atoms with Crippen LogP contribution in [0, 0.1) is 9.81 Å². The lowest BCUT2D eigenvalue weighted by atomic mass is 10.3. The van der Waals surface area contributed by atoms with Gasteiger partial charge < -0.3 is 10.4 Å². The van der Waals surface area contributed by atoms with Gasteiger partial charge in [-0.2, -0.15) is 0 Å². The Morgan fingerprint density at radius 1 is 1.39 bits per heavy atom. The smallest absolute Gasteiger partial charge is 0.346 e. The van der Waals surface area contributed by atoms with E-state index in [9.17, 15) is 9.59 Å². The number of hydrogen-bond acceptors (Lipinski definition) is 4. The van der Waals surface area contributed by atoms with Crippen molar-refractivity contribution in [1.82, 2.24) is 0 Å². The van der Waals surface area contributed by atoms with Crippen molar-refractivity contribution in [2.75, 3.05) is 5.32 Å². The highest BCUT2D eigenvalue weighted by Crippen LogP contribution is 2.27. The van der Waals surface area contributed by atoms with Gasteiger partial charge in [-0.3, -0.25) is 4.79 Å². The SMILES string of the molecule is Cc1cc(NC(=O)c2csc(I)c2)sc1C(=O)O. The van der Waals surface area contributed by atoms with Crippen molar-refractivity contribution in [2.45, 2.75) is 6.92 Å². The Balaban J connectivity index is 2.17. The van der Waals surface area contributed by atoms with Gasteiger partial charge in [0.2, 0.25) is 0 Å². The average molecular weight is 393 g/mol. The molecular formula is C11H8INO3S2. The molecule has 94 valence electrons. The number of carbonyl (C=O) groups excluding carboxylic acids is 1. The van der Waals surface area contributed by atoms with Crippen molar-refractivity contribution in [1.29, 1.82) is 0 Å². The molecule has 2 aromatic heterocycles. The van der Waals surface area contributed by atoms with Crippen LogP contribution in [0.3, 0.4) is 0 Å². The van der Waals surface area contributed by atoms with Crippen LogP contribution in [0.5, 0.6) is 0 Å². The minimum Gasteiger partial charge on any atom is -0.477 e. The second-order valence-electron chi connectivity index (χ2n) is 3.52. The first-order valence-electron chi connectivity index (χ1n) is 4.86. The maximum atomic E-state index is 11.9. The molecule has 0 atom stereocenters. The van der Waals surface area contributed by atoms with E-state index in [4.69, 9.17) is 5.11 Å². The summed E-state index contributed by atoms with van der Waals surface area (Å²) in [5.74, 6) is -1.18. The van der Waals surface area contributed by atoms with Crippen LogP contribution in [0.1, 0.15) is 25.6 Å². The third-order valence-electron chi connectivity index (χ3n) is 2.18. The van der Waals surface area contributed by atoms with E-state index in [0.717, 1.165) is 14.2 Å². The fourth-order valence-electron chi connectivity index (χ4n) is 1.37. The molecule has 0 aliphatic heterocycles. The molecule has 0 spiro atoms. The van der Waals surface area contributed by atoms with Crippen molar-refractivity contribution >= 4 is 62.1 Å². The lowest BCUT2D eigenvalue weighted by Crippen LogP contribution is -2.09. The van der Waals surface area contributed by atoms with Crippen molar-refractivity contribution in [3.8, 4) is 0 Å².